The van der Waals surface area contributed by atoms with Crippen molar-refractivity contribution in [2.24, 2.45) is 16.8 Å². The molecule has 0 saturated heterocycles. The highest BCUT2D eigenvalue weighted by atomic mass is 19.1. The lowest BCUT2D eigenvalue weighted by Gasteiger charge is -2.19. The quantitative estimate of drug-likeness (QED) is 0.325. The van der Waals surface area contributed by atoms with Crippen molar-refractivity contribution in [3.8, 4) is 5.75 Å². The minimum atomic E-state index is -0.342. The van der Waals surface area contributed by atoms with Crippen molar-refractivity contribution in [2.45, 2.75) is 46.6 Å². The molecule has 2 rings (SSSR count). The maximum atomic E-state index is 14.3. The van der Waals surface area contributed by atoms with E-state index in [2.05, 4.69) is 20.9 Å². The van der Waals surface area contributed by atoms with Crippen LogP contribution in [0.2, 0.25) is 0 Å². The lowest BCUT2D eigenvalue weighted by Crippen LogP contribution is -2.39. The predicted octanol–water partition coefficient (Wildman–Crippen LogP) is 3.00. The molecule has 0 bridgehead atoms. The number of hydrogen-bond donors (Lipinski definition) is 3. The standard InChI is InChI=1S/C21H33FN4O2/c1-5-23-21(25-11-10-24-20(27)14(2)3)26-15(4)17-8-9-19(18(22)12-17)28-13-16-6-7-16/h8-9,12,14-16H,5-7,10-11,13H2,1-4H3,(H,24,27)(H2,23,25,26). The van der Waals surface area contributed by atoms with Gasteiger partial charge in [0.15, 0.2) is 17.5 Å². The topological polar surface area (TPSA) is 74.8 Å². The molecule has 1 amide bonds. The van der Waals surface area contributed by atoms with Gasteiger partial charge in [-0.25, -0.2) is 4.39 Å². The Morgan fingerprint density at radius 2 is 2.04 bits per heavy atom. The monoisotopic (exact) mass is 392 g/mol. The van der Waals surface area contributed by atoms with E-state index in [4.69, 9.17) is 4.74 Å². The second kappa shape index (κ2) is 10.9. The molecule has 0 aromatic heterocycles. The summed E-state index contributed by atoms with van der Waals surface area (Å²) in [4.78, 5) is 16.1. The number of guanidine groups is 1. The molecule has 1 aromatic rings. The van der Waals surface area contributed by atoms with E-state index >= 15 is 0 Å². The van der Waals surface area contributed by atoms with Gasteiger partial charge in [-0.15, -0.1) is 0 Å². The zero-order chi connectivity index (χ0) is 20.5. The van der Waals surface area contributed by atoms with Gasteiger partial charge in [-0.1, -0.05) is 19.9 Å². The number of aliphatic imine (C=N–C) groups is 1. The van der Waals surface area contributed by atoms with Crippen LogP contribution >= 0.6 is 0 Å². The Bertz CT molecular complexity index is 674. The van der Waals surface area contributed by atoms with Gasteiger partial charge in [0.1, 0.15) is 0 Å². The van der Waals surface area contributed by atoms with E-state index in [1.165, 1.54) is 18.9 Å². The molecule has 1 aromatic carbocycles. The Balaban J connectivity index is 1.89. The summed E-state index contributed by atoms with van der Waals surface area (Å²) in [6, 6.07) is 4.94. The van der Waals surface area contributed by atoms with Gasteiger partial charge >= 0.3 is 0 Å². The summed E-state index contributed by atoms with van der Waals surface area (Å²) in [5.41, 5.74) is 0.815. The van der Waals surface area contributed by atoms with E-state index in [0.29, 0.717) is 43.9 Å². The van der Waals surface area contributed by atoms with E-state index in [0.717, 1.165) is 5.56 Å². The molecule has 0 aliphatic heterocycles. The van der Waals surface area contributed by atoms with Crippen LogP contribution in [-0.2, 0) is 4.79 Å². The molecule has 0 heterocycles. The van der Waals surface area contributed by atoms with Gasteiger partial charge in [0.05, 0.1) is 19.2 Å². The van der Waals surface area contributed by atoms with Gasteiger partial charge in [0, 0.05) is 19.0 Å². The van der Waals surface area contributed by atoms with Crippen LogP contribution in [0.5, 0.6) is 5.75 Å². The van der Waals surface area contributed by atoms with Gasteiger partial charge in [0.2, 0.25) is 5.91 Å². The molecule has 28 heavy (non-hydrogen) atoms. The number of benzene rings is 1. The molecule has 1 aliphatic carbocycles. The molecule has 156 valence electrons. The number of ether oxygens (including phenoxy) is 1. The maximum absolute atomic E-state index is 14.3. The van der Waals surface area contributed by atoms with Crippen molar-refractivity contribution in [1.29, 1.82) is 0 Å². The van der Waals surface area contributed by atoms with Gasteiger partial charge in [0.25, 0.3) is 0 Å². The molecule has 6 nitrogen and oxygen atoms in total. The number of rotatable bonds is 10. The molecule has 1 aliphatic rings. The molecule has 7 heteroatoms. The van der Waals surface area contributed by atoms with E-state index in [1.54, 1.807) is 6.07 Å². The van der Waals surface area contributed by atoms with Gasteiger partial charge in [-0.2, -0.15) is 0 Å². The van der Waals surface area contributed by atoms with Crippen LogP contribution in [0.1, 0.15) is 52.1 Å². The highest BCUT2D eigenvalue weighted by molar-refractivity contribution is 5.80. The minimum Gasteiger partial charge on any atom is -0.490 e. The SMILES string of the molecule is CCNC(=NCCNC(=O)C(C)C)NC(C)c1ccc(OCC2CC2)c(F)c1. The molecule has 1 saturated carbocycles. The van der Waals surface area contributed by atoms with Crippen LogP contribution in [-0.4, -0.2) is 38.1 Å². The fourth-order valence-electron chi connectivity index (χ4n) is 2.55. The number of carbonyl (C=O) groups is 1. The van der Waals surface area contributed by atoms with Gasteiger partial charge in [-0.05, 0) is 50.3 Å². The smallest absolute Gasteiger partial charge is 0.222 e. The minimum absolute atomic E-state index is 0.0148. The van der Waals surface area contributed by atoms with Crippen molar-refractivity contribution >= 4 is 11.9 Å². The molecule has 0 radical (unpaired) electrons. The molecule has 1 fully saturated rings. The summed E-state index contributed by atoms with van der Waals surface area (Å²) in [7, 11) is 0. The van der Waals surface area contributed by atoms with Crippen LogP contribution in [0.3, 0.4) is 0 Å². The molecule has 3 N–H and O–H groups in total. The number of nitrogens with one attached hydrogen (secondary N) is 3. The van der Waals surface area contributed by atoms with Gasteiger partial charge in [-0.3, -0.25) is 9.79 Å². The van der Waals surface area contributed by atoms with Crippen LogP contribution in [0.25, 0.3) is 0 Å². The molecular weight excluding hydrogens is 359 g/mol. The first-order valence-electron chi connectivity index (χ1n) is 10.2. The Kier molecular flexibility index (Phi) is 8.54. The lowest BCUT2D eigenvalue weighted by atomic mass is 10.1. The highest BCUT2D eigenvalue weighted by Crippen LogP contribution is 2.30. The maximum Gasteiger partial charge on any atom is 0.222 e. The van der Waals surface area contributed by atoms with E-state index < -0.39 is 0 Å². The van der Waals surface area contributed by atoms with E-state index in [1.807, 2.05) is 33.8 Å². The largest absolute Gasteiger partial charge is 0.490 e. The number of amides is 1. The molecule has 0 spiro atoms. The Labute approximate surface area is 167 Å². The lowest BCUT2D eigenvalue weighted by molar-refractivity contribution is -0.123. The summed E-state index contributed by atoms with van der Waals surface area (Å²) in [5.74, 6) is 1.16. The summed E-state index contributed by atoms with van der Waals surface area (Å²) < 4.78 is 19.9. The second-order valence-electron chi connectivity index (χ2n) is 7.52. The zero-order valence-electron chi connectivity index (χ0n) is 17.3. The van der Waals surface area contributed by atoms with Crippen molar-refractivity contribution in [3.05, 3.63) is 29.6 Å². The Hall–Kier alpha value is -2.31. The predicted molar refractivity (Wildman–Crippen MR) is 110 cm³/mol. The summed E-state index contributed by atoms with van der Waals surface area (Å²) in [6.07, 6.45) is 2.35. The molecule has 1 atom stereocenters. The zero-order valence-corrected chi connectivity index (χ0v) is 17.3. The van der Waals surface area contributed by atoms with Crippen molar-refractivity contribution < 1.29 is 13.9 Å². The Morgan fingerprint density at radius 1 is 1.29 bits per heavy atom. The van der Waals surface area contributed by atoms with E-state index in [-0.39, 0.29) is 23.7 Å². The third-order valence-electron chi connectivity index (χ3n) is 4.53. The third kappa shape index (κ3) is 7.37. The number of nitrogens with zero attached hydrogens (tertiary/aromatic N) is 1. The van der Waals surface area contributed by atoms with Crippen molar-refractivity contribution in [3.63, 3.8) is 0 Å². The first-order chi connectivity index (χ1) is 13.4. The average molecular weight is 393 g/mol. The second-order valence-corrected chi connectivity index (χ2v) is 7.52. The fraction of sp³-hybridized carbons (Fsp3) is 0.619. The number of carbonyl (C=O) groups excluding carboxylic acids is 1. The highest BCUT2D eigenvalue weighted by Gasteiger charge is 2.22. The summed E-state index contributed by atoms with van der Waals surface area (Å²) in [5, 5.41) is 9.28. The van der Waals surface area contributed by atoms with Crippen molar-refractivity contribution in [1.82, 2.24) is 16.0 Å². The first-order valence-corrected chi connectivity index (χ1v) is 10.2. The van der Waals surface area contributed by atoms with Crippen LogP contribution < -0.4 is 20.7 Å². The fourth-order valence-corrected chi connectivity index (χ4v) is 2.55. The molecular formula is C21H33FN4O2. The normalized spacial score (nSPS) is 15.3. The van der Waals surface area contributed by atoms with Crippen LogP contribution in [0, 0.1) is 17.7 Å². The summed E-state index contributed by atoms with van der Waals surface area (Å²) >= 11 is 0. The van der Waals surface area contributed by atoms with Crippen molar-refractivity contribution in [2.75, 3.05) is 26.2 Å². The van der Waals surface area contributed by atoms with Crippen LogP contribution in [0.4, 0.5) is 4.39 Å². The number of hydrogen-bond acceptors (Lipinski definition) is 3. The Morgan fingerprint density at radius 3 is 2.64 bits per heavy atom. The first kappa shape index (κ1) is 22.0. The molecule has 1 unspecified atom stereocenters. The summed E-state index contributed by atoms with van der Waals surface area (Å²) in [6.45, 7) is 9.88. The number of halogens is 1. The average Bonchev–Trinajstić information content (AvgIpc) is 3.48. The van der Waals surface area contributed by atoms with Crippen LogP contribution in [0.15, 0.2) is 23.2 Å². The van der Waals surface area contributed by atoms with Gasteiger partial charge < -0.3 is 20.7 Å². The van der Waals surface area contributed by atoms with E-state index in [9.17, 15) is 9.18 Å². The third-order valence-corrected chi connectivity index (χ3v) is 4.53.